The number of likely N-dealkylation sites (tertiary alicyclic amines) is 1. The Labute approximate surface area is 209 Å². The number of halogens is 6. The van der Waals surface area contributed by atoms with E-state index < -0.39 is 29.5 Å². The van der Waals surface area contributed by atoms with Gasteiger partial charge in [-0.25, -0.2) is 0 Å². The molecule has 1 heterocycles. The minimum absolute atomic E-state index is 0.111. The molecular weight excluding hydrogens is 484 g/mol. The third-order valence-corrected chi connectivity index (χ3v) is 7.80. The number of carbonyl (C=O) groups excluding carboxylic acids is 1. The Morgan fingerprint density at radius 2 is 1.64 bits per heavy atom. The zero-order valence-corrected chi connectivity index (χ0v) is 21.3. The fourth-order valence-corrected chi connectivity index (χ4v) is 5.69. The van der Waals surface area contributed by atoms with Gasteiger partial charge in [0.2, 0.25) is 5.91 Å². The van der Waals surface area contributed by atoms with Crippen molar-refractivity contribution in [1.82, 2.24) is 15.1 Å². The minimum Gasteiger partial charge on any atom is -0.338 e. The van der Waals surface area contributed by atoms with Crippen LogP contribution >= 0.6 is 0 Å². The summed E-state index contributed by atoms with van der Waals surface area (Å²) < 4.78 is 79.0. The monoisotopic (exact) mass is 521 g/mol. The topological polar surface area (TPSA) is 35.6 Å². The van der Waals surface area contributed by atoms with Gasteiger partial charge in [-0.15, -0.1) is 0 Å². The smallest absolute Gasteiger partial charge is 0.338 e. The summed E-state index contributed by atoms with van der Waals surface area (Å²) in [5.41, 5.74) is -2.84. The van der Waals surface area contributed by atoms with Crippen molar-refractivity contribution in [3.05, 3.63) is 34.9 Å². The normalized spacial score (nSPS) is 25.9. The summed E-state index contributed by atoms with van der Waals surface area (Å²) in [6.45, 7) is 6.77. The first-order valence-electron chi connectivity index (χ1n) is 12.8. The molecule has 3 rings (SSSR count). The molecule has 1 saturated heterocycles. The van der Waals surface area contributed by atoms with Crippen LogP contribution < -0.4 is 5.32 Å². The Morgan fingerprint density at radius 1 is 1.03 bits per heavy atom. The molecule has 1 aliphatic heterocycles. The van der Waals surface area contributed by atoms with Crippen LogP contribution in [0.1, 0.15) is 76.0 Å². The van der Waals surface area contributed by atoms with Crippen LogP contribution in [-0.4, -0.2) is 53.5 Å². The first-order valence-corrected chi connectivity index (χ1v) is 12.8. The number of carbonyl (C=O) groups is 1. The molecule has 1 aromatic carbocycles. The van der Waals surface area contributed by atoms with Crippen LogP contribution in [-0.2, 0) is 23.7 Å². The maximum Gasteiger partial charge on any atom is 0.416 e. The van der Waals surface area contributed by atoms with Gasteiger partial charge in [-0.2, -0.15) is 26.3 Å². The Hall–Kier alpha value is -1.81. The van der Waals surface area contributed by atoms with Crippen LogP contribution in [0.15, 0.2) is 18.2 Å². The summed E-state index contributed by atoms with van der Waals surface area (Å²) in [7, 11) is 2.14. The highest BCUT2D eigenvalue weighted by Crippen LogP contribution is 2.38. The third-order valence-electron chi connectivity index (χ3n) is 7.80. The van der Waals surface area contributed by atoms with Crippen LogP contribution in [0.25, 0.3) is 0 Å². The molecular formula is C26H37F6N3O. The minimum atomic E-state index is -4.90. The van der Waals surface area contributed by atoms with Gasteiger partial charge in [0.05, 0.1) is 17.2 Å². The van der Waals surface area contributed by atoms with Crippen molar-refractivity contribution in [2.45, 2.75) is 102 Å². The molecule has 4 nitrogen and oxygen atoms in total. The number of alkyl halides is 6. The fraction of sp³-hybridized carbons (Fsp3) is 0.731. The largest absolute Gasteiger partial charge is 0.416 e. The molecule has 0 bridgehead atoms. The van der Waals surface area contributed by atoms with Crippen LogP contribution in [0.4, 0.5) is 26.3 Å². The van der Waals surface area contributed by atoms with Gasteiger partial charge in [0, 0.05) is 31.2 Å². The third kappa shape index (κ3) is 6.73. The molecule has 2 fully saturated rings. The van der Waals surface area contributed by atoms with Crippen LogP contribution in [0.5, 0.6) is 0 Å². The van der Waals surface area contributed by atoms with Crippen LogP contribution in [0.3, 0.4) is 0 Å². The Kier molecular flexibility index (Phi) is 9.02. The number of hydrogen-bond acceptors (Lipinski definition) is 3. The molecule has 2 aliphatic rings. The van der Waals surface area contributed by atoms with E-state index in [1.54, 1.807) is 0 Å². The van der Waals surface area contributed by atoms with Crippen molar-refractivity contribution < 1.29 is 31.1 Å². The first-order chi connectivity index (χ1) is 16.7. The molecule has 36 heavy (non-hydrogen) atoms. The number of nitrogens with one attached hydrogen (secondary N) is 1. The molecule has 0 unspecified atom stereocenters. The van der Waals surface area contributed by atoms with E-state index in [-0.39, 0.29) is 30.1 Å². The second-order valence-electron chi connectivity index (χ2n) is 10.5. The van der Waals surface area contributed by atoms with Crippen molar-refractivity contribution in [2.75, 3.05) is 13.6 Å². The van der Waals surface area contributed by atoms with Crippen molar-refractivity contribution in [3.63, 3.8) is 0 Å². The van der Waals surface area contributed by atoms with E-state index in [2.05, 4.69) is 38.0 Å². The van der Waals surface area contributed by atoms with Crippen LogP contribution in [0.2, 0.25) is 0 Å². The second-order valence-corrected chi connectivity index (χ2v) is 10.5. The van der Waals surface area contributed by atoms with Gasteiger partial charge >= 0.3 is 12.4 Å². The summed E-state index contributed by atoms with van der Waals surface area (Å²) in [5.74, 6) is 0.259. The molecule has 204 valence electrons. The van der Waals surface area contributed by atoms with E-state index >= 15 is 0 Å². The number of rotatable bonds is 8. The molecule has 0 aromatic heterocycles. The van der Waals surface area contributed by atoms with Crippen molar-refractivity contribution >= 4 is 5.91 Å². The number of benzene rings is 1. The molecule has 0 spiro atoms. The Balaban J connectivity index is 1.68. The molecule has 1 saturated carbocycles. The number of nitrogens with zero attached hydrogens (tertiary/aromatic N) is 2. The molecule has 4 atom stereocenters. The van der Waals surface area contributed by atoms with Gasteiger partial charge in [-0.3, -0.25) is 4.79 Å². The summed E-state index contributed by atoms with van der Waals surface area (Å²) in [6.07, 6.45) is -4.38. The summed E-state index contributed by atoms with van der Waals surface area (Å²) >= 11 is 0. The summed E-state index contributed by atoms with van der Waals surface area (Å²) in [5, 5.41) is 2.93. The average molecular weight is 522 g/mol. The number of amides is 1. The molecule has 1 amide bonds. The Morgan fingerprint density at radius 3 is 2.17 bits per heavy atom. The molecule has 0 radical (unpaired) electrons. The maximum absolute atomic E-state index is 13.2. The van der Waals surface area contributed by atoms with Gasteiger partial charge < -0.3 is 15.1 Å². The average Bonchev–Trinajstić information content (AvgIpc) is 3.16. The van der Waals surface area contributed by atoms with Crippen LogP contribution in [0, 0.1) is 5.92 Å². The lowest BCUT2D eigenvalue weighted by atomic mass is 9.77. The molecule has 1 aliphatic carbocycles. The highest BCUT2D eigenvalue weighted by Gasteiger charge is 2.42. The van der Waals surface area contributed by atoms with Crippen molar-refractivity contribution in [1.29, 1.82) is 0 Å². The van der Waals surface area contributed by atoms with E-state index in [0.29, 0.717) is 43.1 Å². The van der Waals surface area contributed by atoms with Gasteiger partial charge in [0.1, 0.15) is 0 Å². The fourth-order valence-electron chi connectivity index (χ4n) is 5.69. The van der Waals surface area contributed by atoms with Crippen molar-refractivity contribution in [3.8, 4) is 0 Å². The van der Waals surface area contributed by atoms with E-state index in [9.17, 15) is 31.1 Å². The van der Waals surface area contributed by atoms with Gasteiger partial charge in [-0.05, 0) is 82.7 Å². The summed E-state index contributed by atoms with van der Waals surface area (Å²) in [4.78, 5) is 17.5. The zero-order valence-electron chi connectivity index (χ0n) is 21.3. The van der Waals surface area contributed by atoms with Gasteiger partial charge in [0.25, 0.3) is 0 Å². The lowest BCUT2D eigenvalue weighted by Gasteiger charge is -2.44. The zero-order chi connectivity index (χ0) is 26.8. The molecule has 10 heteroatoms. The summed E-state index contributed by atoms with van der Waals surface area (Å²) in [6, 6.07) is 1.94. The molecule has 1 aromatic rings. The van der Waals surface area contributed by atoms with E-state index in [4.69, 9.17) is 0 Å². The quantitative estimate of drug-likeness (QED) is 0.421. The van der Waals surface area contributed by atoms with E-state index in [0.717, 1.165) is 32.1 Å². The molecule has 1 N–H and O–H groups in total. The SMILES string of the molecule is CCC[C@@H]1C[C@H](N(C)C(C)C)CC[C@@H]1N1CC[C@H](NCc2cc(C(F)(F)F)cc(C(F)(F)F)c2)C1=O. The highest BCUT2D eigenvalue weighted by atomic mass is 19.4. The van der Waals surface area contributed by atoms with E-state index in [1.807, 2.05) is 4.90 Å². The standard InChI is InChI=1S/C26H37F6N3O/c1-5-6-18-13-21(34(4)16(2)3)7-8-23(18)35-10-9-22(24(35)36)33-15-17-11-19(25(27,28)29)14-20(12-17)26(30,31)32/h11-12,14,16,18,21-23,33H,5-10,13,15H2,1-4H3/t18-,21-,22+,23+/m1/s1. The van der Waals surface area contributed by atoms with E-state index in [1.165, 1.54) is 0 Å². The maximum atomic E-state index is 13.2. The predicted molar refractivity (Wildman–Crippen MR) is 126 cm³/mol. The predicted octanol–water partition coefficient (Wildman–Crippen LogP) is 6.09. The van der Waals surface area contributed by atoms with Crippen molar-refractivity contribution in [2.24, 2.45) is 5.92 Å². The van der Waals surface area contributed by atoms with Gasteiger partial charge in [0.15, 0.2) is 0 Å². The second kappa shape index (κ2) is 11.3. The lowest BCUT2D eigenvalue weighted by Crippen LogP contribution is -2.51. The Bertz CT molecular complexity index is 868. The highest BCUT2D eigenvalue weighted by molar-refractivity contribution is 5.84. The first kappa shape index (κ1) is 28.8. The number of hydrogen-bond donors (Lipinski definition) is 1. The lowest BCUT2D eigenvalue weighted by molar-refractivity contribution is -0.143. The van der Waals surface area contributed by atoms with Gasteiger partial charge in [-0.1, -0.05) is 13.3 Å².